The number of rotatable bonds is 3. The highest BCUT2D eigenvalue weighted by atomic mass is 79.9. The summed E-state index contributed by atoms with van der Waals surface area (Å²) in [5.74, 6) is -0.246. The molecule has 0 bridgehead atoms. The average Bonchev–Trinajstić information content (AvgIpc) is 2.79. The molecule has 0 aromatic heterocycles. The summed E-state index contributed by atoms with van der Waals surface area (Å²) in [6.07, 6.45) is 3.58. The Morgan fingerprint density at radius 3 is 2.56 bits per heavy atom. The highest BCUT2D eigenvalue weighted by molar-refractivity contribution is 9.10. The minimum Gasteiger partial charge on any atom is -0.347 e. The Kier molecular flexibility index (Phi) is 4.77. The molecular weight excluding hydrogens is 378 g/mol. The quantitative estimate of drug-likeness (QED) is 0.612. The van der Waals surface area contributed by atoms with Crippen molar-refractivity contribution in [2.24, 2.45) is 5.10 Å². The van der Waals surface area contributed by atoms with Gasteiger partial charge in [-0.3, -0.25) is 4.79 Å². The summed E-state index contributed by atoms with van der Waals surface area (Å²) in [6, 6.07) is 15.6. The second-order valence-corrected chi connectivity index (χ2v) is 7.31. The maximum absolute atomic E-state index is 12.1. The SMILES string of the molecule is CN1/C(=C/C=N\NC(=O)c2ccccc2Br)C(C)(C)c2ccccc21. The number of allylic oxidation sites excluding steroid dienone is 2. The van der Waals surface area contributed by atoms with Crippen molar-refractivity contribution in [2.45, 2.75) is 19.3 Å². The highest BCUT2D eigenvalue weighted by Crippen LogP contribution is 2.46. The van der Waals surface area contributed by atoms with Crippen LogP contribution < -0.4 is 10.3 Å². The molecular formula is C20H20BrN3O. The molecule has 0 unspecified atom stereocenters. The van der Waals surface area contributed by atoms with Crippen LogP contribution in [-0.4, -0.2) is 19.2 Å². The maximum Gasteiger partial charge on any atom is 0.272 e. The lowest BCUT2D eigenvalue weighted by molar-refractivity contribution is 0.0954. The van der Waals surface area contributed by atoms with Crippen molar-refractivity contribution in [3.8, 4) is 0 Å². The molecule has 4 nitrogen and oxygen atoms in total. The van der Waals surface area contributed by atoms with Crippen LogP contribution in [0.1, 0.15) is 29.8 Å². The number of amides is 1. The third kappa shape index (κ3) is 3.24. The third-order valence-corrected chi connectivity index (χ3v) is 5.22. The van der Waals surface area contributed by atoms with Crippen molar-refractivity contribution in [3.63, 3.8) is 0 Å². The van der Waals surface area contributed by atoms with Gasteiger partial charge in [-0.25, -0.2) is 5.43 Å². The number of hydrogen-bond acceptors (Lipinski definition) is 3. The van der Waals surface area contributed by atoms with E-state index in [-0.39, 0.29) is 11.3 Å². The molecule has 1 amide bonds. The van der Waals surface area contributed by atoms with E-state index in [1.807, 2.05) is 37.4 Å². The number of halogens is 1. The van der Waals surface area contributed by atoms with Crippen LogP contribution in [0.25, 0.3) is 0 Å². The van der Waals surface area contributed by atoms with Gasteiger partial charge in [-0.1, -0.05) is 44.2 Å². The van der Waals surface area contributed by atoms with E-state index < -0.39 is 0 Å². The van der Waals surface area contributed by atoms with Gasteiger partial charge >= 0.3 is 0 Å². The van der Waals surface area contributed by atoms with E-state index in [1.165, 1.54) is 11.3 Å². The zero-order chi connectivity index (χ0) is 18.0. The number of likely N-dealkylation sites (N-methyl/N-ethyl adjacent to an activating group) is 1. The molecule has 1 heterocycles. The normalized spacial score (nSPS) is 17.1. The number of hydrazone groups is 1. The first-order chi connectivity index (χ1) is 11.9. The Bertz CT molecular complexity index is 871. The Morgan fingerprint density at radius 1 is 1.16 bits per heavy atom. The topological polar surface area (TPSA) is 44.7 Å². The fraction of sp³-hybridized carbons (Fsp3) is 0.200. The van der Waals surface area contributed by atoms with Crippen molar-refractivity contribution < 1.29 is 4.79 Å². The molecule has 0 saturated heterocycles. The number of benzene rings is 2. The molecule has 0 aliphatic carbocycles. The summed E-state index contributed by atoms with van der Waals surface area (Å²) in [6.45, 7) is 4.38. The van der Waals surface area contributed by atoms with Gasteiger partial charge in [0.15, 0.2) is 0 Å². The molecule has 1 aliphatic rings. The molecule has 0 saturated carbocycles. The van der Waals surface area contributed by atoms with Crippen molar-refractivity contribution in [2.75, 3.05) is 11.9 Å². The van der Waals surface area contributed by atoms with Crippen LogP contribution in [-0.2, 0) is 5.41 Å². The van der Waals surface area contributed by atoms with E-state index in [9.17, 15) is 4.79 Å². The Labute approximate surface area is 156 Å². The van der Waals surface area contributed by atoms with Crippen LogP contribution in [0.5, 0.6) is 0 Å². The number of carbonyl (C=O) groups excluding carboxylic acids is 1. The van der Waals surface area contributed by atoms with E-state index in [1.54, 1.807) is 12.3 Å². The fourth-order valence-corrected chi connectivity index (χ4v) is 3.68. The average molecular weight is 398 g/mol. The number of para-hydroxylation sites is 1. The van der Waals surface area contributed by atoms with Crippen molar-refractivity contribution in [3.05, 3.63) is 75.9 Å². The van der Waals surface area contributed by atoms with Crippen LogP contribution in [0.2, 0.25) is 0 Å². The zero-order valence-electron chi connectivity index (χ0n) is 14.5. The van der Waals surface area contributed by atoms with Crippen molar-refractivity contribution in [1.82, 2.24) is 5.43 Å². The molecule has 1 aliphatic heterocycles. The van der Waals surface area contributed by atoms with Gasteiger partial charge in [0, 0.05) is 34.5 Å². The molecule has 5 heteroatoms. The number of fused-ring (bicyclic) bond motifs is 1. The van der Waals surface area contributed by atoms with Crippen LogP contribution in [0, 0.1) is 0 Å². The fourth-order valence-electron chi connectivity index (χ4n) is 3.21. The second-order valence-electron chi connectivity index (χ2n) is 6.45. The summed E-state index contributed by atoms with van der Waals surface area (Å²) in [5, 5.41) is 4.07. The molecule has 1 N–H and O–H groups in total. The van der Waals surface area contributed by atoms with Gasteiger partial charge in [-0.2, -0.15) is 5.10 Å². The first-order valence-corrected chi connectivity index (χ1v) is 8.84. The molecule has 0 atom stereocenters. The van der Waals surface area contributed by atoms with Gasteiger partial charge in [0.1, 0.15) is 0 Å². The van der Waals surface area contributed by atoms with Crippen LogP contribution in [0.15, 0.2) is 69.9 Å². The van der Waals surface area contributed by atoms with E-state index in [4.69, 9.17) is 0 Å². The summed E-state index contributed by atoms with van der Waals surface area (Å²) in [7, 11) is 2.05. The van der Waals surface area contributed by atoms with E-state index in [0.717, 1.165) is 10.2 Å². The van der Waals surface area contributed by atoms with Gasteiger partial charge in [-0.05, 0) is 45.8 Å². The Balaban J connectivity index is 1.75. The van der Waals surface area contributed by atoms with Gasteiger partial charge in [0.05, 0.1) is 5.56 Å². The number of carbonyl (C=O) groups is 1. The number of nitrogens with zero attached hydrogens (tertiary/aromatic N) is 2. The molecule has 3 rings (SSSR count). The van der Waals surface area contributed by atoms with Gasteiger partial charge in [0.2, 0.25) is 0 Å². The van der Waals surface area contributed by atoms with Gasteiger partial charge in [-0.15, -0.1) is 0 Å². The number of anilines is 1. The van der Waals surface area contributed by atoms with Crippen molar-refractivity contribution in [1.29, 1.82) is 0 Å². The minimum atomic E-state index is -0.246. The van der Waals surface area contributed by atoms with Crippen LogP contribution in [0.3, 0.4) is 0 Å². The summed E-state index contributed by atoms with van der Waals surface area (Å²) in [4.78, 5) is 14.3. The molecule has 2 aromatic rings. The highest BCUT2D eigenvalue weighted by Gasteiger charge is 2.37. The van der Waals surface area contributed by atoms with Crippen molar-refractivity contribution >= 4 is 33.7 Å². The largest absolute Gasteiger partial charge is 0.347 e. The summed E-state index contributed by atoms with van der Waals surface area (Å²) in [5.41, 5.74) is 6.63. The van der Waals surface area contributed by atoms with E-state index in [2.05, 4.69) is 63.4 Å². The molecule has 2 aromatic carbocycles. The van der Waals surface area contributed by atoms with Crippen LogP contribution in [0.4, 0.5) is 5.69 Å². The third-order valence-electron chi connectivity index (χ3n) is 4.53. The molecule has 25 heavy (non-hydrogen) atoms. The number of nitrogens with one attached hydrogen (secondary N) is 1. The maximum atomic E-state index is 12.1. The number of hydrogen-bond donors (Lipinski definition) is 1. The monoisotopic (exact) mass is 397 g/mol. The molecule has 128 valence electrons. The van der Waals surface area contributed by atoms with E-state index in [0.29, 0.717) is 5.56 Å². The lowest BCUT2D eigenvalue weighted by Gasteiger charge is -2.23. The molecule has 0 spiro atoms. The minimum absolute atomic E-state index is 0.107. The van der Waals surface area contributed by atoms with Crippen LogP contribution >= 0.6 is 15.9 Å². The Hall–Kier alpha value is -2.40. The Morgan fingerprint density at radius 2 is 1.84 bits per heavy atom. The molecule has 0 fully saturated rings. The standard InChI is InChI=1S/C20H20BrN3O/c1-20(2)15-9-5-7-11-17(15)24(3)18(20)12-13-22-23-19(25)14-8-4-6-10-16(14)21/h4-13H,1-3H3,(H,23,25)/b18-12+,22-13-. The second kappa shape index (κ2) is 6.84. The first kappa shape index (κ1) is 17.4. The summed E-state index contributed by atoms with van der Waals surface area (Å²) >= 11 is 3.37. The smallest absolute Gasteiger partial charge is 0.272 e. The lowest BCUT2D eigenvalue weighted by Crippen LogP contribution is -2.23. The zero-order valence-corrected chi connectivity index (χ0v) is 16.0. The predicted molar refractivity (Wildman–Crippen MR) is 106 cm³/mol. The first-order valence-electron chi connectivity index (χ1n) is 8.05. The van der Waals surface area contributed by atoms with E-state index >= 15 is 0 Å². The van der Waals surface area contributed by atoms with Gasteiger partial charge in [0.25, 0.3) is 5.91 Å². The van der Waals surface area contributed by atoms with Gasteiger partial charge < -0.3 is 4.90 Å². The summed E-state index contributed by atoms with van der Waals surface area (Å²) < 4.78 is 0.744. The lowest BCUT2D eigenvalue weighted by atomic mass is 9.84. The molecule has 0 radical (unpaired) electrons. The predicted octanol–water partition coefficient (Wildman–Crippen LogP) is 4.48.